The molecule has 1 amide bonds. The standard InChI is InChI=1S/C22H20N4O4/c1-15-4-9-17(10-5-15)21-23-22(30-24-21)19-3-2-14-25(19)20(27)13-8-16-6-11-18(12-7-16)26(28)29/h4-13,19H,2-3,14H2,1H3/b13-8+/t19-/m0/s1. The third-order valence-corrected chi connectivity index (χ3v) is 5.09. The van der Waals surface area contributed by atoms with E-state index in [-0.39, 0.29) is 17.6 Å². The molecular weight excluding hydrogens is 384 g/mol. The fourth-order valence-electron chi connectivity index (χ4n) is 3.45. The summed E-state index contributed by atoms with van der Waals surface area (Å²) in [4.78, 5) is 29.2. The van der Waals surface area contributed by atoms with Gasteiger partial charge in [-0.1, -0.05) is 35.0 Å². The lowest BCUT2D eigenvalue weighted by atomic mass is 10.1. The number of benzene rings is 2. The summed E-state index contributed by atoms with van der Waals surface area (Å²) in [5.74, 6) is 0.775. The first-order chi connectivity index (χ1) is 14.5. The van der Waals surface area contributed by atoms with Crippen LogP contribution in [0.15, 0.2) is 59.1 Å². The fourth-order valence-corrected chi connectivity index (χ4v) is 3.45. The van der Waals surface area contributed by atoms with Gasteiger partial charge in [-0.2, -0.15) is 4.98 Å². The molecule has 0 saturated carbocycles. The summed E-state index contributed by atoms with van der Waals surface area (Å²) in [5.41, 5.74) is 2.74. The summed E-state index contributed by atoms with van der Waals surface area (Å²) >= 11 is 0. The van der Waals surface area contributed by atoms with Crippen molar-refractivity contribution in [1.82, 2.24) is 15.0 Å². The second kappa shape index (κ2) is 8.28. The van der Waals surface area contributed by atoms with Crippen molar-refractivity contribution in [3.05, 3.63) is 81.7 Å². The van der Waals surface area contributed by atoms with Crippen LogP contribution in [-0.2, 0) is 4.79 Å². The predicted molar refractivity (Wildman–Crippen MR) is 110 cm³/mol. The maximum absolute atomic E-state index is 12.7. The minimum Gasteiger partial charge on any atom is -0.337 e. The molecule has 0 N–H and O–H groups in total. The summed E-state index contributed by atoms with van der Waals surface area (Å²) in [5, 5.41) is 14.8. The lowest BCUT2D eigenvalue weighted by molar-refractivity contribution is -0.384. The minimum atomic E-state index is -0.456. The number of hydrogen-bond donors (Lipinski definition) is 0. The van der Waals surface area contributed by atoms with Crippen molar-refractivity contribution in [2.75, 3.05) is 6.54 Å². The van der Waals surface area contributed by atoms with Gasteiger partial charge in [-0.25, -0.2) is 0 Å². The number of nitrogens with zero attached hydrogens (tertiary/aromatic N) is 4. The molecule has 0 spiro atoms. The zero-order valence-electron chi connectivity index (χ0n) is 16.4. The Morgan fingerprint density at radius 3 is 2.63 bits per heavy atom. The Hall–Kier alpha value is -3.81. The van der Waals surface area contributed by atoms with Crippen LogP contribution in [0.3, 0.4) is 0 Å². The third kappa shape index (κ3) is 4.12. The van der Waals surface area contributed by atoms with Gasteiger partial charge < -0.3 is 9.42 Å². The normalized spacial score (nSPS) is 16.3. The first kappa shape index (κ1) is 19.5. The highest BCUT2D eigenvalue weighted by Crippen LogP contribution is 2.32. The van der Waals surface area contributed by atoms with E-state index in [2.05, 4.69) is 10.1 Å². The average molecular weight is 404 g/mol. The van der Waals surface area contributed by atoms with Crippen molar-refractivity contribution in [3.8, 4) is 11.4 Å². The molecule has 1 aromatic heterocycles. The highest BCUT2D eigenvalue weighted by molar-refractivity contribution is 5.92. The number of nitro benzene ring substituents is 1. The van der Waals surface area contributed by atoms with Gasteiger partial charge in [-0.15, -0.1) is 0 Å². The number of nitro groups is 1. The van der Waals surface area contributed by atoms with E-state index in [1.54, 1.807) is 23.1 Å². The molecule has 1 aliphatic rings. The molecule has 152 valence electrons. The molecular formula is C22H20N4O4. The Balaban J connectivity index is 1.47. The Morgan fingerprint density at radius 2 is 1.93 bits per heavy atom. The van der Waals surface area contributed by atoms with Gasteiger partial charge in [0, 0.05) is 30.3 Å². The van der Waals surface area contributed by atoms with E-state index in [0.29, 0.717) is 23.8 Å². The first-order valence-electron chi connectivity index (χ1n) is 9.65. The van der Waals surface area contributed by atoms with E-state index in [1.165, 1.54) is 18.2 Å². The quantitative estimate of drug-likeness (QED) is 0.356. The molecule has 1 aliphatic heterocycles. The lowest BCUT2D eigenvalue weighted by Gasteiger charge is -2.20. The zero-order chi connectivity index (χ0) is 21.1. The van der Waals surface area contributed by atoms with Gasteiger partial charge in [-0.3, -0.25) is 14.9 Å². The molecule has 0 radical (unpaired) electrons. The van der Waals surface area contributed by atoms with Gasteiger partial charge in [0.2, 0.25) is 17.6 Å². The van der Waals surface area contributed by atoms with Crippen LogP contribution in [-0.4, -0.2) is 32.4 Å². The summed E-state index contributed by atoms with van der Waals surface area (Å²) < 4.78 is 5.47. The van der Waals surface area contributed by atoms with Crippen LogP contribution in [0.25, 0.3) is 17.5 Å². The topological polar surface area (TPSA) is 102 Å². The van der Waals surface area contributed by atoms with Crippen LogP contribution >= 0.6 is 0 Å². The van der Waals surface area contributed by atoms with Crippen molar-refractivity contribution in [1.29, 1.82) is 0 Å². The van der Waals surface area contributed by atoms with Crippen LogP contribution in [0.2, 0.25) is 0 Å². The first-order valence-corrected chi connectivity index (χ1v) is 9.65. The van der Waals surface area contributed by atoms with E-state index in [1.807, 2.05) is 31.2 Å². The Kier molecular flexibility index (Phi) is 5.38. The van der Waals surface area contributed by atoms with Crippen molar-refractivity contribution in [2.24, 2.45) is 0 Å². The van der Waals surface area contributed by atoms with E-state index in [0.717, 1.165) is 24.0 Å². The van der Waals surface area contributed by atoms with E-state index >= 15 is 0 Å². The molecule has 1 atom stereocenters. The van der Waals surface area contributed by atoms with Gasteiger partial charge >= 0.3 is 0 Å². The summed E-state index contributed by atoms with van der Waals surface area (Å²) in [7, 11) is 0. The van der Waals surface area contributed by atoms with Crippen LogP contribution in [0.1, 0.15) is 35.9 Å². The third-order valence-electron chi connectivity index (χ3n) is 5.09. The summed E-state index contributed by atoms with van der Waals surface area (Å²) in [6, 6.07) is 13.6. The highest BCUT2D eigenvalue weighted by atomic mass is 16.6. The molecule has 1 saturated heterocycles. The summed E-state index contributed by atoms with van der Waals surface area (Å²) in [6.07, 6.45) is 4.72. The molecule has 4 rings (SSSR count). The lowest BCUT2D eigenvalue weighted by Crippen LogP contribution is -2.29. The number of hydrogen-bond acceptors (Lipinski definition) is 6. The maximum Gasteiger partial charge on any atom is 0.269 e. The number of likely N-dealkylation sites (tertiary alicyclic amines) is 1. The second-order valence-corrected chi connectivity index (χ2v) is 7.19. The van der Waals surface area contributed by atoms with Crippen molar-refractivity contribution in [2.45, 2.75) is 25.8 Å². The van der Waals surface area contributed by atoms with Gasteiger partial charge in [0.25, 0.3) is 5.69 Å². The number of non-ortho nitro benzene ring substituents is 1. The van der Waals surface area contributed by atoms with Gasteiger partial charge in [0.1, 0.15) is 6.04 Å². The molecule has 8 heteroatoms. The fraction of sp³-hybridized carbons (Fsp3) is 0.227. The maximum atomic E-state index is 12.7. The largest absolute Gasteiger partial charge is 0.337 e. The molecule has 1 fully saturated rings. The number of aromatic nitrogens is 2. The molecule has 0 aliphatic carbocycles. The highest BCUT2D eigenvalue weighted by Gasteiger charge is 2.33. The van der Waals surface area contributed by atoms with Crippen molar-refractivity contribution in [3.63, 3.8) is 0 Å². The molecule has 3 aromatic rings. The number of carbonyl (C=O) groups excluding carboxylic acids is 1. The molecule has 0 bridgehead atoms. The van der Waals surface area contributed by atoms with Crippen LogP contribution in [0.4, 0.5) is 5.69 Å². The summed E-state index contributed by atoms with van der Waals surface area (Å²) in [6.45, 7) is 2.62. The van der Waals surface area contributed by atoms with Gasteiger partial charge in [0.05, 0.1) is 4.92 Å². The van der Waals surface area contributed by atoms with E-state index in [4.69, 9.17) is 4.52 Å². The number of carbonyl (C=O) groups is 1. The van der Waals surface area contributed by atoms with E-state index < -0.39 is 4.92 Å². The Labute approximate surface area is 173 Å². The number of rotatable bonds is 5. The Morgan fingerprint density at radius 1 is 1.20 bits per heavy atom. The molecule has 8 nitrogen and oxygen atoms in total. The van der Waals surface area contributed by atoms with Crippen LogP contribution in [0.5, 0.6) is 0 Å². The zero-order valence-corrected chi connectivity index (χ0v) is 16.4. The monoisotopic (exact) mass is 404 g/mol. The van der Waals surface area contributed by atoms with E-state index in [9.17, 15) is 14.9 Å². The molecule has 2 aromatic carbocycles. The SMILES string of the molecule is Cc1ccc(-c2noc([C@@H]3CCCN3C(=O)/C=C/c3ccc([N+](=O)[O-])cc3)n2)cc1. The van der Waals surface area contributed by atoms with Crippen LogP contribution in [0, 0.1) is 17.0 Å². The minimum absolute atomic E-state index is 0.0128. The van der Waals surface area contributed by atoms with Crippen LogP contribution < -0.4 is 0 Å². The smallest absolute Gasteiger partial charge is 0.269 e. The average Bonchev–Trinajstić information content (AvgIpc) is 3.42. The Bertz CT molecular complexity index is 1090. The second-order valence-electron chi connectivity index (χ2n) is 7.19. The van der Waals surface area contributed by atoms with Gasteiger partial charge in [0.15, 0.2) is 0 Å². The van der Waals surface area contributed by atoms with Crippen molar-refractivity contribution < 1.29 is 14.2 Å². The molecule has 0 unspecified atom stereocenters. The van der Waals surface area contributed by atoms with Gasteiger partial charge in [-0.05, 0) is 43.5 Å². The predicted octanol–water partition coefficient (Wildman–Crippen LogP) is 4.33. The molecule has 2 heterocycles. The van der Waals surface area contributed by atoms with Crippen molar-refractivity contribution >= 4 is 17.7 Å². The molecule has 30 heavy (non-hydrogen) atoms. The number of aryl methyl sites for hydroxylation is 1. The number of amides is 1.